The molecule has 0 saturated carbocycles. The second-order valence-electron chi connectivity index (χ2n) is 5.64. The Balaban J connectivity index is 1.70. The van der Waals surface area contributed by atoms with Crippen molar-refractivity contribution in [2.24, 2.45) is 0 Å². The van der Waals surface area contributed by atoms with Crippen molar-refractivity contribution in [3.63, 3.8) is 0 Å². The molecule has 4 heterocycles. The molecule has 0 atom stereocenters. The summed E-state index contributed by atoms with van der Waals surface area (Å²) in [7, 11) is 0. The number of rotatable bonds is 5. The van der Waals surface area contributed by atoms with Crippen molar-refractivity contribution in [3.8, 4) is 22.6 Å². The van der Waals surface area contributed by atoms with Crippen LogP contribution >= 0.6 is 0 Å². The maximum atomic E-state index is 4.71. The molecule has 0 saturated heterocycles. The first kappa shape index (κ1) is 15.8. The number of hydrogen-bond donors (Lipinski definition) is 1. The average molecular weight is 340 g/mol. The molecule has 4 rings (SSSR count). The molecule has 0 aromatic carbocycles. The van der Waals surface area contributed by atoms with E-state index < -0.39 is 0 Å². The van der Waals surface area contributed by atoms with E-state index >= 15 is 0 Å². The van der Waals surface area contributed by atoms with E-state index in [1.54, 1.807) is 37.2 Å². The molecule has 0 amide bonds. The van der Waals surface area contributed by atoms with E-state index in [9.17, 15) is 0 Å². The highest BCUT2D eigenvalue weighted by Crippen LogP contribution is 2.24. The molecule has 0 aliphatic heterocycles. The lowest BCUT2D eigenvalue weighted by Gasteiger charge is -2.10. The van der Waals surface area contributed by atoms with Crippen LogP contribution in [0, 0.1) is 0 Å². The lowest BCUT2D eigenvalue weighted by Crippen LogP contribution is -2.04. The highest BCUT2D eigenvalue weighted by atomic mass is 15.0. The monoisotopic (exact) mass is 340 g/mol. The molecule has 4 aromatic heterocycles. The third-order valence-electron chi connectivity index (χ3n) is 3.86. The number of nitrogens with one attached hydrogen (secondary N) is 1. The van der Waals surface area contributed by atoms with Crippen molar-refractivity contribution in [1.82, 2.24) is 24.9 Å². The highest BCUT2D eigenvalue weighted by Gasteiger charge is 2.09. The Morgan fingerprint density at radius 1 is 0.654 bits per heavy atom. The van der Waals surface area contributed by atoms with E-state index in [2.05, 4.69) is 25.3 Å². The van der Waals surface area contributed by atoms with E-state index in [1.165, 1.54) is 0 Å². The minimum atomic E-state index is 0.652. The summed E-state index contributed by atoms with van der Waals surface area (Å²) in [6.45, 7) is 0.658. The lowest BCUT2D eigenvalue weighted by molar-refractivity contribution is 1.08. The summed E-state index contributed by atoms with van der Waals surface area (Å²) in [6, 6.07) is 13.6. The second kappa shape index (κ2) is 7.48. The standard InChI is InChI=1S/C20H16N6/c1-7-21-8-2-15(1)14-24-19-13-18(16-3-9-22-10-4-16)25-20(26-19)17-5-11-23-12-6-17/h1-13H,14H2,(H,24,25,26). The summed E-state index contributed by atoms with van der Waals surface area (Å²) >= 11 is 0. The Labute approximate surface area is 151 Å². The fourth-order valence-corrected chi connectivity index (χ4v) is 2.53. The first-order valence-corrected chi connectivity index (χ1v) is 8.21. The Bertz CT molecular complexity index is 917. The summed E-state index contributed by atoms with van der Waals surface area (Å²) < 4.78 is 0. The molecule has 0 radical (unpaired) electrons. The van der Waals surface area contributed by atoms with Crippen molar-refractivity contribution in [2.45, 2.75) is 6.54 Å². The zero-order valence-electron chi connectivity index (χ0n) is 13.9. The quantitative estimate of drug-likeness (QED) is 0.598. The topological polar surface area (TPSA) is 76.5 Å². The molecule has 6 heteroatoms. The minimum Gasteiger partial charge on any atom is -0.366 e. The van der Waals surface area contributed by atoms with E-state index in [0.717, 1.165) is 28.2 Å². The molecule has 0 aliphatic rings. The number of nitrogens with zero attached hydrogens (tertiary/aromatic N) is 5. The molecule has 0 aliphatic carbocycles. The van der Waals surface area contributed by atoms with E-state index in [4.69, 9.17) is 4.98 Å². The molecule has 1 N–H and O–H groups in total. The normalized spacial score (nSPS) is 10.5. The molecular formula is C20H16N6. The van der Waals surface area contributed by atoms with Gasteiger partial charge in [-0.25, -0.2) is 9.97 Å². The first-order chi connectivity index (χ1) is 12.9. The van der Waals surface area contributed by atoms with Crippen molar-refractivity contribution in [2.75, 3.05) is 5.32 Å². The molecule has 26 heavy (non-hydrogen) atoms. The third-order valence-corrected chi connectivity index (χ3v) is 3.86. The summed E-state index contributed by atoms with van der Waals surface area (Å²) in [4.78, 5) is 21.6. The summed E-state index contributed by atoms with van der Waals surface area (Å²) in [5.41, 5.74) is 3.88. The number of anilines is 1. The SMILES string of the molecule is c1cc(CNc2cc(-c3ccncc3)nc(-c3ccncc3)n2)ccn1. The van der Waals surface area contributed by atoms with Gasteiger partial charge in [-0.05, 0) is 42.0 Å². The van der Waals surface area contributed by atoms with Gasteiger partial charge in [-0.15, -0.1) is 0 Å². The maximum absolute atomic E-state index is 4.71. The van der Waals surface area contributed by atoms with Gasteiger partial charge < -0.3 is 5.32 Å². The second-order valence-corrected chi connectivity index (χ2v) is 5.64. The number of pyridine rings is 3. The van der Waals surface area contributed by atoms with Gasteiger partial charge in [0, 0.05) is 60.9 Å². The first-order valence-electron chi connectivity index (χ1n) is 8.21. The Morgan fingerprint density at radius 2 is 1.23 bits per heavy atom. The minimum absolute atomic E-state index is 0.652. The number of aromatic nitrogens is 5. The smallest absolute Gasteiger partial charge is 0.162 e. The molecule has 0 bridgehead atoms. The number of hydrogen-bond acceptors (Lipinski definition) is 6. The predicted molar refractivity (Wildman–Crippen MR) is 100 cm³/mol. The van der Waals surface area contributed by atoms with E-state index in [1.807, 2.05) is 42.5 Å². The Hall–Kier alpha value is -3.67. The Morgan fingerprint density at radius 3 is 1.88 bits per heavy atom. The highest BCUT2D eigenvalue weighted by molar-refractivity contribution is 5.67. The largest absolute Gasteiger partial charge is 0.366 e. The lowest BCUT2D eigenvalue weighted by atomic mass is 10.1. The third kappa shape index (κ3) is 3.70. The molecule has 4 aromatic rings. The molecular weight excluding hydrogens is 324 g/mol. The van der Waals surface area contributed by atoms with Crippen molar-refractivity contribution >= 4 is 5.82 Å². The van der Waals surface area contributed by atoms with Crippen LogP contribution in [0.5, 0.6) is 0 Å². The zero-order valence-corrected chi connectivity index (χ0v) is 13.9. The van der Waals surface area contributed by atoms with E-state index in [0.29, 0.717) is 12.4 Å². The Kier molecular flexibility index (Phi) is 4.56. The van der Waals surface area contributed by atoms with Crippen LogP contribution < -0.4 is 5.32 Å². The fourth-order valence-electron chi connectivity index (χ4n) is 2.53. The fraction of sp³-hybridized carbons (Fsp3) is 0.0500. The van der Waals surface area contributed by atoms with Gasteiger partial charge in [-0.2, -0.15) is 0 Å². The average Bonchev–Trinajstić information content (AvgIpc) is 2.74. The van der Waals surface area contributed by atoms with Gasteiger partial charge in [0.05, 0.1) is 5.69 Å². The maximum Gasteiger partial charge on any atom is 0.162 e. The van der Waals surface area contributed by atoms with Crippen LogP contribution in [0.2, 0.25) is 0 Å². The molecule has 6 nitrogen and oxygen atoms in total. The van der Waals surface area contributed by atoms with Crippen LogP contribution in [-0.4, -0.2) is 24.9 Å². The zero-order chi connectivity index (χ0) is 17.6. The van der Waals surface area contributed by atoms with Crippen LogP contribution in [0.1, 0.15) is 5.56 Å². The van der Waals surface area contributed by atoms with Gasteiger partial charge in [0.2, 0.25) is 0 Å². The van der Waals surface area contributed by atoms with E-state index in [-0.39, 0.29) is 0 Å². The summed E-state index contributed by atoms with van der Waals surface area (Å²) in [6.07, 6.45) is 10.6. The van der Waals surface area contributed by atoms with Gasteiger partial charge in [-0.3, -0.25) is 15.0 Å². The van der Waals surface area contributed by atoms with Crippen LogP contribution in [0.25, 0.3) is 22.6 Å². The van der Waals surface area contributed by atoms with Gasteiger partial charge in [0.25, 0.3) is 0 Å². The van der Waals surface area contributed by atoms with Gasteiger partial charge in [-0.1, -0.05) is 0 Å². The predicted octanol–water partition coefficient (Wildman–Crippen LogP) is 3.61. The van der Waals surface area contributed by atoms with Crippen LogP contribution in [0.4, 0.5) is 5.82 Å². The van der Waals surface area contributed by atoms with Gasteiger partial charge >= 0.3 is 0 Å². The van der Waals surface area contributed by atoms with Crippen LogP contribution in [0.15, 0.2) is 79.6 Å². The summed E-state index contributed by atoms with van der Waals surface area (Å²) in [5, 5.41) is 3.37. The van der Waals surface area contributed by atoms with Crippen LogP contribution in [0.3, 0.4) is 0 Å². The molecule has 126 valence electrons. The van der Waals surface area contributed by atoms with Crippen molar-refractivity contribution in [1.29, 1.82) is 0 Å². The molecule has 0 fully saturated rings. The van der Waals surface area contributed by atoms with Crippen LogP contribution in [-0.2, 0) is 6.54 Å². The molecule has 0 unspecified atom stereocenters. The summed E-state index contributed by atoms with van der Waals surface area (Å²) in [5.74, 6) is 1.41. The molecule has 0 spiro atoms. The van der Waals surface area contributed by atoms with Gasteiger partial charge in [0.1, 0.15) is 5.82 Å². The van der Waals surface area contributed by atoms with Crippen molar-refractivity contribution < 1.29 is 0 Å². The van der Waals surface area contributed by atoms with Gasteiger partial charge in [0.15, 0.2) is 5.82 Å². The van der Waals surface area contributed by atoms with Crippen molar-refractivity contribution in [3.05, 3.63) is 85.2 Å².